The molecule has 20 heavy (non-hydrogen) atoms. The minimum atomic E-state index is 0.143. The van der Waals surface area contributed by atoms with Gasteiger partial charge in [-0.3, -0.25) is 4.79 Å². The average Bonchev–Trinajstić information content (AvgIpc) is 3.13. The van der Waals surface area contributed by atoms with E-state index in [9.17, 15) is 4.79 Å². The van der Waals surface area contributed by atoms with Gasteiger partial charge in [0.05, 0.1) is 18.1 Å². The average molecular weight is 309 g/mol. The summed E-state index contributed by atoms with van der Waals surface area (Å²) in [7, 11) is 0. The third-order valence-corrected chi connectivity index (χ3v) is 4.55. The summed E-state index contributed by atoms with van der Waals surface area (Å²) in [6.07, 6.45) is 3.99. The van der Waals surface area contributed by atoms with Gasteiger partial charge < -0.3 is 9.64 Å². The van der Waals surface area contributed by atoms with Gasteiger partial charge in [-0.2, -0.15) is 15.7 Å². The van der Waals surface area contributed by atoms with Crippen LogP contribution in [0.25, 0.3) is 0 Å². The third-order valence-electron chi connectivity index (χ3n) is 3.36. The molecule has 2 aromatic heterocycles. The van der Waals surface area contributed by atoms with Gasteiger partial charge in [0, 0.05) is 25.9 Å². The molecule has 3 heterocycles. The Morgan fingerprint density at radius 3 is 2.95 bits per heavy atom. The van der Waals surface area contributed by atoms with Crippen LogP contribution in [0.5, 0.6) is 5.88 Å². The molecule has 0 N–H and O–H groups in total. The molecule has 1 aliphatic rings. The Morgan fingerprint density at radius 1 is 1.45 bits per heavy atom. The largest absolute Gasteiger partial charge is 0.472 e. The number of hydrogen-bond acceptors (Lipinski definition) is 6. The van der Waals surface area contributed by atoms with E-state index in [1.54, 1.807) is 17.5 Å². The standard InChI is InChI=1S/C13H15N3O2S2/c17-13(7-10-3-6-19-9-10)16-4-1-11(2-5-16)18-12-8-14-20-15-12/h3,6,8-9,11H,1-2,4-5,7H2. The van der Waals surface area contributed by atoms with Crippen LogP contribution in [0.4, 0.5) is 0 Å². The lowest BCUT2D eigenvalue weighted by atomic mass is 10.1. The topological polar surface area (TPSA) is 55.3 Å². The Bertz CT molecular complexity index is 534. The Hall–Kier alpha value is -1.47. The van der Waals surface area contributed by atoms with E-state index < -0.39 is 0 Å². The first-order chi connectivity index (χ1) is 9.81. The summed E-state index contributed by atoms with van der Waals surface area (Å²) >= 11 is 2.78. The maximum Gasteiger partial charge on any atom is 0.245 e. The number of rotatable bonds is 4. The van der Waals surface area contributed by atoms with E-state index >= 15 is 0 Å². The van der Waals surface area contributed by atoms with Crippen molar-refractivity contribution in [2.75, 3.05) is 13.1 Å². The van der Waals surface area contributed by atoms with Crippen LogP contribution in [0.15, 0.2) is 23.0 Å². The van der Waals surface area contributed by atoms with Crippen LogP contribution in [0, 0.1) is 0 Å². The number of amides is 1. The van der Waals surface area contributed by atoms with E-state index in [0.29, 0.717) is 12.3 Å². The van der Waals surface area contributed by atoms with Crippen molar-refractivity contribution in [2.24, 2.45) is 0 Å². The molecule has 0 unspecified atom stereocenters. The van der Waals surface area contributed by atoms with Gasteiger partial charge in [-0.1, -0.05) is 0 Å². The van der Waals surface area contributed by atoms with Crippen molar-refractivity contribution in [3.8, 4) is 5.88 Å². The lowest BCUT2D eigenvalue weighted by Gasteiger charge is -2.31. The van der Waals surface area contributed by atoms with Gasteiger partial charge in [-0.15, -0.1) is 4.37 Å². The molecule has 0 saturated carbocycles. The van der Waals surface area contributed by atoms with E-state index in [2.05, 4.69) is 8.75 Å². The van der Waals surface area contributed by atoms with E-state index in [0.717, 1.165) is 43.2 Å². The number of thiophene rings is 1. The molecule has 3 rings (SSSR count). The minimum Gasteiger partial charge on any atom is -0.472 e. The molecule has 0 aromatic carbocycles. The number of likely N-dealkylation sites (tertiary alicyclic amines) is 1. The lowest BCUT2D eigenvalue weighted by molar-refractivity contribution is -0.132. The number of carbonyl (C=O) groups is 1. The van der Waals surface area contributed by atoms with Gasteiger partial charge in [0.1, 0.15) is 12.3 Å². The first-order valence-electron chi connectivity index (χ1n) is 6.54. The molecule has 0 bridgehead atoms. The Balaban J connectivity index is 1.47. The van der Waals surface area contributed by atoms with E-state index in [1.165, 1.54) is 0 Å². The molecule has 7 heteroatoms. The van der Waals surface area contributed by atoms with Crippen LogP contribution in [-0.2, 0) is 11.2 Å². The molecule has 1 fully saturated rings. The van der Waals surface area contributed by atoms with E-state index in [4.69, 9.17) is 4.74 Å². The summed E-state index contributed by atoms with van der Waals surface area (Å²) in [6, 6.07) is 2.01. The number of nitrogens with zero attached hydrogens (tertiary/aromatic N) is 3. The summed E-state index contributed by atoms with van der Waals surface area (Å²) < 4.78 is 13.7. The van der Waals surface area contributed by atoms with Gasteiger partial charge in [-0.05, 0) is 22.4 Å². The van der Waals surface area contributed by atoms with Gasteiger partial charge in [0.25, 0.3) is 0 Å². The summed E-state index contributed by atoms with van der Waals surface area (Å²) in [5.74, 6) is 0.801. The first kappa shape index (κ1) is 13.5. The molecule has 0 aliphatic carbocycles. The number of hydrogen-bond donors (Lipinski definition) is 0. The quantitative estimate of drug-likeness (QED) is 0.869. The fraction of sp³-hybridized carbons (Fsp3) is 0.462. The second kappa shape index (κ2) is 6.32. The van der Waals surface area contributed by atoms with Crippen molar-refractivity contribution >= 4 is 29.0 Å². The molecule has 0 radical (unpaired) electrons. The highest BCUT2D eigenvalue weighted by atomic mass is 32.1. The van der Waals surface area contributed by atoms with Crippen molar-refractivity contribution in [3.63, 3.8) is 0 Å². The number of piperidine rings is 1. The molecule has 106 valence electrons. The van der Waals surface area contributed by atoms with E-state index in [-0.39, 0.29) is 12.0 Å². The Kier molecular flexibility index (Phi) is 4.27. The molecule has 1 amide bonds. The van der Waals surface area contributed by atoms with Crippen LogP contribution < -0.4 is 4.74 Å². The molecule has 5 nitrogen and oxygen atoms in total. The van der Waals surface area contributed by atoms with Crippen molar-refractivity contribution in [1.82, 2.24) is 13.6 Å². The van der Waals surface area contributed by atoms with Gasteiger partial charge in [0.15, 0.2) is 0 Å². The first-order valence-corrected chi connectivity index (χ1v) is 8.21. The van der Waals surface area contributed by atoms with Crippen molar-refractivity contribution in [1.29, 1.82) is 0 Å². The number of aromatic nitrogens is 2. The zero-order valence-corrected chi connectivity index (χ0v) is 12.5. The highest BCUT2D eigenvalue weighted by Crippen LogP contribution is 2.18. The van der Waals surface area contributed by atoms with Gasteiger partial charge in [0.2, 0.25) is 11.8 Å². The Labute approximate surface area is 125 Å². The van der Waals surface area contributed by atoms with Crippen LogP contribution in [0.3, 0.4) is 0 Å². The summed E-state index contributed by atoms with van der Waals surface area (Å²) in [6.45, 7) is 1.51. The fourth-order valence-corrected chi connectivity index (χ4v) is 3.31. The molecule has 0 atom stereocenters. The molecule has 2 aromatic rings. The fourth-order valence-electron chi connectivity index (χ4n) is 2.28. The molecule has 1 aliphatic heterocycles. The van der Waals surface area contributed by atoms with Crippen molar-refractivity contribution < 1.29 is 9.53 Å². The summed E-state index contributed by atoms with van der Waals surface area (Å²) in [4.78, 5) is 14.1. The molecule has 0 spiro atoms. The monoisotopic (exact) mass is 309 g/mol. The van der Waals surface area contributed by atoms with E-state index in [1.807, 2.05) is 21.7 Å². The zero-order valence-electron chi connectivity index (χ0n) is 10.9. The highest BCUT2D eigenvalue weighted by Gasteiger charge is 2.24. The smallest absolute Gasteiger partial charge is 0.245 e. The zero-order chi connectivity index (χ0) is 13.8. The summed E-state index contributed by atoms with van der Waals surface area (Å²) in [5, 5.41) is 4.04. The lowest BCUT2D eigenvalue weighted by Crippen LogP contribution is -2.42. The van der Waals surface area contributed by atoms with Crippen molar-refractivity contribution in [3.05, 3.63) is 28.6 Å². The second-order valence-corrected chi connectivity index (χ2v) is 6.09. The molecule has 1 saturated heterocycles. The minimum absolute atomic E-state index is 0.143. The number of carbonyl (C=O) groups excluding carboxylic acids is 1. The third kappa shape index (κ3) is 3.34. The predicted molar refractivity (Wildman–Crippen MR) is 78.2 cm³/mol. The van der Waals surface area contributed by atoms with Crippen LogP contribution in [-0.4, -0.2) is 38.7 Å². The summed E-state index contributed by atoms with van der Waals surface area (Å²) in [5.41, 5.74) is 1.10. The number of ether oxygens (including phenoxy) is 1. The Morgan fingerprint density at radius 2 is 2.30 bits per heavy atom. The predicted octanol–water partition coefficient (Wildman–Crippen LogP) is 2.21. The maximum atomic E-state index is 12.2. The van der Waals surface area contributed by atoms with Crippen molar-refractivity contribution in [2.45, 2.75) is 25.4 Å². The van der Waals surface area contributed by atoms with Gasteiger partial charge >= 0.3 is 0 Å². The highest BCUT2D eigenvalue weighted by molar-refractivity contribution is 7.08. The van der Waals surface area contributed by atoms with Crippen LogP contribution in [0.1, 0.15) is 18.4 Å². The van der Waals surface area contributed by atoms with Gasteiger partial charge in [-0.25, -0.2) is 0 Å². The molecular formula is C13H15N3O2S2. The second-order valence-electron chi connectivity index (χ2n) is 4.75. The SMILES string of the molecule is O=C(Cc1ccsc1)N1CCC(Oc2cnsn2)CC1. The van der Waals surface area contributed by atoms with Crippen LogP contribution >= 0.6 is 23.1 Å². The van der Waals surface area contributed by atoms with Crippen LogP contribution in [0.2, 0.25) is 0 Å². The maximum absolute atomic E-state index is 12.2. The normalized spacial score (nSPS) is 16.3. The molecular weight excluding hydrogens is 294 g/mol.